The lowest BCUT2D eigenvalue weighted by atomic mass is 10.1. The van der Waals surface area contributed by atoms with Crippen LogP contribution in [0.15, 0.2) is 29.6 Å². The summed E-state index contributed by atoms with van der Waals surface area (Å²) in [5, 5.41) is 7.34. The molecule has 1 aromatic carbocycles. The first-order chi connectivity index (χ1) is 11.4. The third kappa shape index (κ3) is 4.52. The smallest absolute Gasteiger partial charge is 0.242 e. The molecule has 5 nitrogen and oxygen atoms in total. The van der Waals surface area contributed by atoms with Gasteiger partial charge in [-0.1, -0.05) is 29.8 Å². The Morgan fingerprint density at radius 1 is 1.29 bits per heavy atom. The highest BCUT2D eigenvalue weighted by Crippen LogP contribution is 2.24. The van der Waals surface area contributed by atoms with Crippen molar-refractivity contribution in [2.45, 2.75) is 33.4 Å². The van der Waals surface area contributed by atoms with Crippen LogP contribution in [0.4, 0.5) is 0 Å². The van der Waals surface area contributed by atoms with E-state index in [2.05, 4.69) is 10.6 Å². The van der Waals surface area contributed by atoms with Crippen molar-refractivity contribution >= 4 is 35.4 Å². The van der Waals surface area contributed by atoms with Gasteiger partial charge in [0, 0.05) is 11.9 Å². The van der Waals surface area contributed by atoms with E-state index in [1.54, 1.807) is 11.5 Å². The molecule has 1 aromatic heterocycles. The number of hydrogen-bond donors (Lipinski definition) is 2. The van der Waals surface area contributed by atoms with Gasteiger partial charge in [0.25, 0.3) is 0 Å². The van der Waals surface area contributed by atoms with Crippen molar-refractivity contribution in [1.29, 1.82) is 0 Å². The largest absolute Gasteiger partial charge is 0.355 e. The molecule has 0 fully saturated rings. The van der Waals surface area contributed by atoms with Gasteiger partial charge in [0.15, 0.2) is 3.95 Å². The topological polar surface area (TPSA) is 63.1 Å². The second kappa shape index (κ2) is 8.21. The molecule has 0 bridgehead atoms. The number of aromatic nitrogens is 1. The van der Waals surface area contributed by atoms with Crippen molar-refractivity contribution in [1.82, 2.24) is 15.2 Å². The zero-order valence-electron chi connectivity index (χ0n) is 14.0. The highest BCUT2D eigenvalue weighted by atomic mass is 32.1. The summed E-state index contributed by atoms with van der Waals surface area (Å²) in [5.41, 5.74) is 3.09. The second-order valence-electron chi connectivity index (χ2n) is 5.52. The SMILES string of the molecule is CCNC(=O)C(C)NC(=O)Cn1c(-c2ccc(C)cc2)csc1=S. The molecule has 0 aliphatic carbocycles. The van der Waals surface area contributed by atoms with Gasteiger partial charge in [0.1, 0.15) is 12.6 Å². The lowest BCUT2D eigenvalue weighted by molar-refractivity contribution is -0.128. The number of aryl methyl sites for hydroxylation is 1. The summed E-state index contributed by atoms with van der Waals surface area (Å²) < 4.78 is 2.43. The molecule has 24 heavy (non-hydrogen) atoms. The molecule has 1 atom stereocenters. The Morgan fingerprint density at radius 3 is 2.58 bits per heavy atom. The normalized spacial score (nSPS) is 11.8. The van der Waals surface area contributed by atoms with Gasteiger partial charge in [-0.15, -0.1) is 11.3 Å². The van der Waals surface area contributed by atoms with E-state index >= 15 is 0 Å². The Hall–Kier alpha value is -1.99. The molecule has 0 saturated carbocycles. The standard InChI is InChI=1S/C17H21N3O2S2/c1-4-18-16(22)12(3)19-15(21)9-20-14(10-24-17(20)23)13-7-5-11(2)6-8-13/h5-8,10,12H,4,9H2,1-3H3,(H,18,22)(H,19,21). The van der Waals surface area contributed by atoms with Crippen molar-refractivity contribution in [2.75, 3.05) is 6.54 Å². The Bertz CT molecular complexity index is 778. The zero-order chi connectivity index (χ0) is 17.7. The maximum absolute atomic E-state index is 12.3. The number of carbonyl (C=O) groups is 2. The van der Waals surface area contributed by atoms with Gasteiger partial charge in [-0.3, -0.25) is 9.59 Å². The summed E-state index contributed by atoms with van der Waals surface area (Å²) >= 11 is 6.77. The molecule has 2 rings (SSSR count). The number of rotatable bonds is 6. The van der Waals surface area contributed by atoms with Crippen LogP contribution in [0.1, 0.15) is 19.4 Å². The number of carbonyl (C=O) groups excluding carboxylic acids is 2. The average molecular weight is 364 g/mol. The summed E-state index contributed by atoms with van der Waals surface area (Å²) in [5.74, 6) is -0.435. The lowest BCUT2D eigenvalue weighted by Crippen LogP contribution is -2.45. The fourth-order valence-corrected chi connectivity index (χ4v) is 3.33. The zero-order valence-corrected chi connectivity index (χ0v) is 15.6. The van der Waals surface area contributed by atoms with Gasteiger partial charge in [-0.25, -0.2) is 0 Å². The summed E-state index contributed by atoms with van der Waals surface area (Å²) in [4.78, 5) is 24.0. The van der Waals surface area contributed by atoms with Crippen molar-refractivity contribution in [3.8, 4) is 11.3 Å². The Balaban J connectivity index is 2.14. The van der Waals surface area contributed by atoms with E-state index < -0.39 is 6.04 Å². The maximum atomic E-state index is 12.3. The Labute approximate surface area is 150 Å². The molecule has 0 aliphatic rings. The van der Waals surface area contributed by atoms with Crippen molar-refractivity contribution < 1.29 is 9.59 Å². The fourth-order valence-electron chi connectivity index (χ4n) is 2.25. The van der Waals surface area contributed by atoms with E-state index in [1.807, 2.05) is 43.5 Å². The maximum Gasteiger partial charge on any atom is 0.242 e. The van der Waals surface area contributed by atoms with Gasteiger partial charge >= 0.3 is 0 Å². The highest BCUT2D eigenvalue weighted by Gasteiger charge is 2.16. The lowest BCUT2D eigenvalue weighted by Gasteiger charge is -2.14. The first kappa shape index (κ1) is 18.4. The van der Waals surface area contributed by atoms with Crippen LogP contribution in [0, 0.1) is 10.9 Å². The average Bonchev–Trinajstić information content (AvgIpc) is 2.89. The third-order valence-corrected chi connectivity index (χ3v) is 4.83. The van der Waals surface area contributed by atoms with Crippen LogP contribution in [0.5, 0.6) is 0 Å². The number of likely N-dealkylation sites (N-methyl/N-ethyl adjacent to an activating group) is 1. The minimum absolute atomic E-state index is 0.0925. The fraction of sp³-hybridized carbons (Fsp3) is 0.353. The van der Waals surface area contributed by atoms with Gasteiger partial charge in [-0.2, -0.15) is 0 Å². The highest BCUT2D eigenvalue weighted by molar-refractivity contribution is 7.73. The molecule has 0 spiro atoms. The molecule has 2 aromatic rings. The minimum atomic E-state index is -0.576. The van der Waals surface area contributed by atoms with Gasteiger partial charge in [0.05, 0.1) is 5.69 Å². The van der Waals surface area contributed by atoms with Crippen LogP contribution < -0.4 is 10.6 Å². The van der Waals surface area contributed by atoms with E-state index in [4.69, 9.17) is 12.2 Å². The minimum Gasteiger partial charge on any atom is -0.355 e. The van der Waals surface area contributed by atoms with Crippen LogP contribution in [0.2, 0.25) is 0 Å². The molecule has 2 N–H and O–H groups in total. The first-order valence-corrected chi connectivity index (χ1v) is 9.03. The van der Waals surface area contributed by atoms with E-state index in [-0.39, 0.29) is 18.4 Å². The number of thiazole rings is 1. The Morgan fingerprint density at radius 2 is 1.96 bits per heavy atom. The molecule has 2 amide bonds. The van der Waals surface area contributed by atoms with Crippen LogP contribution in [-0.2, 0) is 16.1 Å². The van der Waals surface area contributed by atoms with Crippen molar-refractivity contribution in [3.63, 3.8) is 0 Å². The first-order valence-electron chi connectivity index (χ1n) is 7.74. The number of hydrogen-bond acceptors (Lipinski definition) is 4. The second-order valence-corrected chi connectivity index (χ2v) is 7.03. The van der Waals surface area contributed by atoms with Crippen molar-refractivity contribution in [3.05, 3.63) is 39.2 Å². The molecule has 0 aliphatic heterocycles. The summed E-state index contributed by atoms with van der Waals surface area (Å²) in [6.07, 6.45) is 0. The molecule has 128 valence electrons. The Kier molecular flexibility index (Phi) is 6.28. The van der Waals surface area contributed by atoms with E-state index in [0.29, 0.717) is 10.5 Å². The van der Waals surface area contributed by atoms with Crippen molar-refractivity contribution in [2.24, 2.45) is 0 Å². The number of benzene rings is 1. The van der Waals surface area contributed by atoms with Gasteiger partial charge < -0.3 is 15.2 Å². The summed E-state index contributed by atoms with van der Waals surface area (Å²) in [7, 11) is 0. The number of amides is 2. The van der Waals surface area contributed by atoms with Crippen LogP contribution in [0.25, 0.3) is 11.3 Å². The molecule has 0 radical (unpaired) electrons. The molecule has 7 heteroatoms. The van der Waals surface area contributed by atoms with Crippen LogP contribution >= 0.6 is 23.6 Å². The summed E-state index contributed by atoms with van der Waals surface area (Å²) in [6.45, 7) is 6.16. The predicted molar refractivity (Wildman–Crippen MR) is 99.6 cm³/mol. The third-order valence-electron chi connectivity index (χ3n) is 3.55. The van der Waals surface area contributed by atoms with E-state index in [1.165, 1.54) is 16.9 Å². The molecular weight excluding hydrogens is 342 g/mol. The summed E-state index contributed by atoms with van der Waals surface area (Å²) in [6, 6.07) is 7.50. The van der Waals surface area contributed by atoms with Gasteiger partial charge in [0.2, 0.25) is 11.8 Å². The predicted octanol–water partition coefficient (Wildman–Crippen LogP) is 2.90. The van der Waals surface area contributed by atoms with Crippen LogP contribution in [0.3, 0.4) is 0 Å². The molecule has 1 unspecified atom stereocenters. The molecular formula is C17H21N3O2S2. The monoisotopic (exact) mass is 363 g/mol. The molecule has 0 saturated heterocycles. The van der Waals surface area contributed by atoms with E-state index in [0.717, 1.165) is 11.3 Å². The van der Waals surface area contributed by atoms with E-state index in [9.17, 15) is 9.59 Å². The number of nitrogens with one attached hydrogen (secondary N) is 2. The number of nitrogens with zero attached hydrogens (tertiary/aromatic N) is 1. The quantitative estimate of drug-likeness (QED) is 0.776. The molecule has 1 heterocycles. The van der Waals surface area contributed by atoms with Gasteiger partial charge in [-0.05, 0) is 38.6 Å². The van der Waals surface area contributed by atoms with Crippen LogP contribution in [-0.4, -0.2) is 29.0 Å².